The summed E-state index contributed by atoms with van der Waals surface area (Å²) in [4.78, 5) is 13.4. The van der Waals surface area contributed by atoms with Crippen LogP contribution in [0.2, 0.25) is 0 Å². The number of hydrogen-bond acceptors (Lipinski definition) is 4. The van der Waals surface area contributed by atoms with Gasteiger partial charge in [0.1, 0.15) is 6.04 Å². The fraction of sp³-hybridized carbons (Fsp3) is 0.950. The summed E-state index contributed by atoms with van der Waals surface area (Å²) in [6, 6.07) is -1.39. The SMILES string of the molecule is CCNC(=NCC(C)CN1CCN(CC)CC1)N1CCN(C(C)C(F)(F)F)CC1. The Kier molecular flexibility index (Phi) is 9.49. The summed E-state index contributed by atoms with van der Waals surface area (Å²) in [6.07, 6.45) is -4.17. The second-order valence-electron chi connectivity index (χ2n) is 8.28. The van der Waals surface area contributed by atoms with Gasteiger partial charge in [0.2, 0.25) is 0 Å². The van der Waals surface area contributed by atoms with Gasteiger partial charge < -0.3 is 20.0 Å². The third kappa shape index (κ3) is 7.61. The van der Waals surface area contributed by atoms with E-state index in [9.17, 15) is 13.2 Å². The average molecular weight is 421 g/mol. The first-order chi connectivity index (χ1) is 13.7. The molecule has 170 valence electrons. The van der Waals surface area contributed by atoms with Crippen molar-refractivity contribution in [1.82, 2.24) is 24.9 Å². The Morgan fingerprint density at radius 2 is 1.52 bits per heavy atom. The van der Waals surface area contributed by atoms with E-state index >= 15 is 0 Å². The maximum absolute atomic E-state index is 13.0. The second-order valence-corrected chi connectivity index (χ2v) is 8.28. The maximum atomic E-state index is 13.0. The van der Waals surface area contributed by atoms with Gasteiger partial charge in [-0.15, -0.1) is 0 Å². The van der Waals surface area contributed by atoms with Gasteiger partial charge >= 0.3 is 6.18 Å². The fourth-order valence-corrected chi connectivity index (χ4v) is 3.98. The van der Waals surface area contributed by atoms with Crippen molar-refractivity contribution in [1.29, 1.82) is 0 Å². The molecule has 29 heavy (non-hydrogen) atoms. The minimum absolute atomic E-state index is 0.405. The molecule has 2 aliphatic rings. The molecule has 0 radical (unpaired) electrons. The maximum Gasteiger partial charge on any atom is 0.403 e. The smallest absolute Gasteiger partial charge is 0.357 e. The van der Waals surface area contributed by atoms with Crippen LogP contribution >= 0.6 is 0 Å². The minimum atomic E-state index is -4.17. The number of halogens is 3. The Hall–Kier alpha value is -1.06. The van der Waals surface area contributed by atoms with Crippen molar-refractivity contribution in [2.24, 2.45) is 10.9 Å². The molecular formula is C20H39F3N6. The van der Waals surface area contributed by atoms with Crippen molar-refractivity contribution < 1.29 is 13.2 Å². The molecule has 0 aliphatic carbocycles. The first kappa shape index (κ1) is 24.2. The van der Waals surface area contributed by atoms with Gasteiger partial charge in [-0.25, -0.2) is 0 Å². The van der Waals surface area contributed by atoms with Crippen molar-refractivity contribution in [2.45, 2.75) is 39.9 Å². The molecule has 0 amide bonds. The molecule has 0 saturated carbocycles. The molecule has 2 atom stereocenters. The van der Waals surface area contributed by atoms with Gasteiger partial charge in [-0.3, -0.25) is 9.89 Å². The van der Waals surface area contributed by atoms with Crippen LogP contribution < -0.4 is 5.32 Å². The monoisotopic (exact) mass is 420 g/mol. The molecule has 0 aromatic rings. The van der Waals surface area contributed by atoms with Crippen LogP contribution in [0.4, 0.5) is 13.2 Å². The summed E-state index contributed by atoms with van der Waals surface area (Å²) in [5.74, 6) is 1.28. The van der Waals surface area contributed by atoms with Crippen molar-refractivity contribution in [3.05, 3.63) is 0 Å². The van der Waals surface area contributed by atoms with E-state index in [-0.39, 0.29) is 0 Å². The van der Waals surface area contributed by atoms with Crippen molar-refractivity contribution in [3.63, 3.8) is 0 Å². The predicted octanol–water partition coefficient (Wildman–Crippen LogP) is 1.79. The van der Waals surface area contributed by atoms with Gasteiger partial charge in [-0.1, -0.05) is 13.8 Å². The van der Waals surface area contributed by atoms with Crippen LogP contribution in [0.25, 0.3) is 0 Å². The van der Waals surface area contributed by atoms with Crippen LogP contribution in [0.5, 0.6) is 0 Å². The molecular weight excluding hydrogens is 381 g/mol. The molecule has 2 rings (SSSR count). The number of nitrogens with one attached hydrogen (secondary N) is 1. The molecule has 0 spiro atoms. The van der Waals surface area contributed by atoms with Gasteiger partial charge in [-0.2, -0.15) is 13.2 Å². The molecule has 2 aliphatic heterocycles. The van der Waals surface area contributed by atoms with Gasteiger partial charge in [0.25, 0.3) is 0 Å². The van der Waals surface area contributed by atoms with Crippen LogP contribution in [-0.4, -0.2) is 116 Å². The van der Waals surface area contributed by atoms with E-state index in [0.29, 0.717) is 32.1 Å². The lowest BCUT2D eigenvalue weighted by molar-refractivity contribution is -0.181. The summed E-state index contributed by atoms with van der Waals surface area (Å²) < 4.78 is 38.9. The van der Waals surface area contributed by atoms with Gasteiger partial charge in [0.05, 0.1) is 0 Å². The third-order valence-electron chi connectivity index (χ3n) is 6.00. The Morgan fingerprint density at radius 1 is 0.931 bits per heavy atom. The van der Waals surface area contributed by atoms with Crippen molar-refractivity contribution >= 4 is 5.96 Å². The fourth-order valence-electron chi connectivity index (χ4n) is 3.98. The highest BCUT2D eigenvalue weighted by Gasteiger charge is 2.41. The van der Waals surface area contributed by atoms with Crippen LogP contribution in [0, 0.1) is 5.92 Å². The molecule has 0 aromatic heterocycles. The Balaban J connectivity index is 1.82. The number of nitrogens with zero attached hydrogens (tertiary/aromatic N) is 5. The first-order valence-corrected chi connectivity index (χ1v) is 11.0. The van der Waals surface area contributed by atoms with Crippen LogP contribution in [0.3, 0.4) is 0 Å². The van der Waals surface area contributed by atoms with Crippen LogP contribution in [-0.2, 0) is 0 Å². The number of hydrogen-bond donors (Lipinski definition) is 1. The van der Waals surface area contributed by atoms with Gasteiger partial charge in [-0.05, 0) is 26.3 Å². The van der Waals surface area contributed by atoms with E-state index in [1.165, 1.54) is 11.8 Å². The number of guanidine groups is 1. The van der Waals surface area contributed by atoms with Crippen molar-refractivity contribution in [2.75, 3.05) is 78.5 Å². The predicted molar refractivity (Wildman–Crippen MR) is 112 cm³/mol. The van der Waals surface area contributed by atoms with E-state index < -0.39 is 12.2 Å². The molecule has 0 bridgehead atoms. The lowest BCUT2D eigenvalue weighted by atomic mass is 10.1. The Morgan fingerprint density at radius 3 is 2.03 bits per heavy atom. The molecule has 2 heterocycles. The van der Waals surface area contributed by atoms with E-state index in [4.69, 9.17) is 4.99 Å². The van der Waals surface area contributed by atoms with E-state index in [1.54, 1.807) is 0 Å². The summed E-state index contributed by atoms with van der Waals surface area (Å²) in [5, 5.41) is 3.31. The number of aliphatic imine (C=N–C) groups is 1. The molecule has 2 fully saturated rings. The summed E-state index contributed by atoms with van der Waals surface area (Å²) in [7, 11) is 0. The van der Waals surface area contributed by atoms with E-state index in [0.717, 1.165) is 58.3 Å². The molecule has 2 saturated heterocycles. The lowest BCUT2D eigenvalue weighted by Crippen LogP contribution is -2.56. The zero-order valence-corrected chi connectivity index (χ0v) is 18.5. The van der Waals surface area contributed by atoms with Crippen molar-refractivity contribution in [3.8, 4) is 0 Å². The molecule has 1 N–H and O–H groups in total. The number of piperazine rings is 2. The van der Waals surface area contributed by atoms with Crippen LogP contribution in [0.1, 0.15) is 27.7 Å². The first-order valence-electron chi connectivity index (χ1n) is 11.0. The zero-order valence-electron chi connectivity index (χ0n) is 18.5. The van der Waals surface area contributed by atoms with Crippen LogP contribution in [0.15, 0.2) is 4.99 Å². The quantitative estimate of drug-likeness (QED) is 0.502. The molecule has 2 unspecified atom stereocenters. The topological polar surface area (TPSA) is 37.4 Å². The van der Waals surface area contributed by atoms with Gasteiger partial charge in [0, 0.05) is 72.0 Å². The lowest BCUT2D eigenvalue weighted by Gasteiger charge is -2.39. The largest absolute Gasteiger partial charge is 0.403 e. The molecule has 9 heteroatoms. The highest BCUT2D eigenvalue weighted by Crippen LogP contribution is 2.25. The van der Waals surface area contributed by atoms with E-state index in [2.05, 4.69) is 33.9 Å². The molecule has 0 aromatic carbocycles. The highest BCUT2D eigenvalue weighted by atomic mass is 19.4. The normalized spacial score (nSPS) is 23.3. The van der Waals surface area contributed by atoms with Gasteiger partial charge in [0.15, 0.2) is 5.96 Å². The summed E-state index contributed by atoms with van der Waals surface area (Å²) in [5.41, 5.74) is 0. The molecule has 6 nitrogen and oxygen atoms in total. The minimum Gasteiger partial charge on any atom is -0.357 e. The average Bonchev–Trinajstić information content (AvgIpc) is 2.70. The standard InChI is InChI=1S/C20H39F3N6/c1-5-24-19(29-13-11-28(12-14-29)18(4)20(21,22)23)25-15-17(3)16-27-9-7-26(6-2)8-10-27/h17-18H,5-16H2,1-4H3,(H,24,25). The number of likely N-dealkylation sites (N-methyl/N-ethyl adjacent to an activating group) is 1. The third-order valence-corrected chi connectivity index (χ3v) is 6.00. The van der Waals surface area contributed by atoms with E-state index in [1.807, 2.05) is 6.92 Å². The second kappa shape index (κ2) is 11.4. The summed E-state index contributed by atoms with van der Waals surface area (Å²) in [6.45, 7) is 17.8. The Labute approximate surface area is 174 Å². The summed E-state index contributed by atoms with van der Waals surface area (Å²) >= 11 is 0. The number of alkyl halides is 3. The Bertz CT molecular complexity index is 497. The zero-order chi connectivity index (χ0) is 21.4. The highest BCUT2D eigenvalue weighted by molar-refractivity contribution is 5.80. The number of rotatable bonds is 7.